The summed E-state index contributed by atoms with van der Waals surface area (Å²) in [6.45, 7) is 6.51. The number of Topliss-reactive ketones (excluding diaryl/α,β-unsaturated/α-hetero) is 1. The van der Waals surface area contributed by atoms with Gasteiger partial charge in [0.25, 0.3) is 0 Å². The molecule has 0 aliphatic heterocycles. The van der Waals surface area contributed by atoms with Gasteiger partial charge in [0.2, 0.25) is 0 Å². The molecule has 2 rings (SSSR count). The highest BCUT2D eigenvalue weighted by molar-refractivity contribution is 5.93. The first-order chi connectivity index (χ1) is 9.38. The summed E-state index contributed by atoms with van der Waals surface area (Å²) in [6.07, 6.45) is 1.46. The minimum absolute atomic E-state index is 0.0507. The van der Waals surface area contributed by atoms with Crippen molar-refractivity contribution in [1.29, 1.82) is 0 Å². The Hall–Kier alpha value is -1.64. The fraction of sp³-hybridized carbons (Fsp3) is 0.529. The maximum atomic E-state index is 12.0. The van der Waals surface area contributed by atoms with Crippen LogP contribution in [0.2, 0.25) is 0 Å². The van der Waals surface area contributed by atoms with Gasteiger partial charge in [-0.2, -0.15) is 0 Å². The molecule has 0 spiro atoms. The molecule has 2 atom stereocenters. The first-order valence-corrected chi connectivity index (χ1v) is 7.16. The van der Waals surface area contributed by atoms with Crippen LogP contribution < -0.4 is 0 Å². The number of hydrogen-bond acceptors (Lipinski definition) is 3. The molecule has 2 unspecified atom stereocenters. The number of carbonyl (C=O) groups is 2. The lowest BCUT2D eigenvalue weighted by molar-refractivity contribution is -0.132. The number of esters is 1. The van der Waals surface area contributed by atoms with Crippen molar-refractivity contribution in [2.24, 2.45) is 11.3 Å². The Kier molecular flexibility index (Phi) is 4.26. The molecule has 1 aromatic carbocycles. The number of ketones is 1. The molecule has 1 saturated carbocycles. The molecule has 0 heterocycles. The van der Waals surface area contributed by atoms with E-state index in [-0.39, 0.29) is 11.2 Å². The van der Waals surface area contributed by atoms with Crippen LogP contribution in [-0.4, -0.2) is 17.9 Å². The third-order valence-corrected chi connectivity index (χ3v) is 4.08. The van der Waals surface area contributed by atoms with Gasteiger partial charge in [-0.05, 0) is 36.3 Å². The lowest BCUT2D eigenvalue weighted by atomic mass is 9.71. The van der Waals surface area contributed by atoms with E-state index in [1.807, 2.05) is 6.07 Å². The highest BCUT2D eigenvalue weighted by atomic mass is 16.5. The third-order valence-electron chi connectivity index (χ3n) is 4.08. The van der Waals surface area contributed by atoms with Gasteiger partial charge in [0.15, 0.2) is 11.9 Å². The van der Waals surface area contributed by atoms with Crippen molar-refractivity contribution < 1.29 is 14.3 Å². The van der Waals surface area contributed by atoms with Crippen LogP contribution in [0.5, 0.6) is 0 Å². The number of carbonyl (C=O) groups excluding carboxylic acids is 2. The summed E-state index contributed by atoms with van der Waals surface area (Å²) in [7, 11) is 0. The summed E-state index contributed by atoms with van der Waals surface area (Å²) < 4.78 is 5.43. The van der Waals surface area contributed by atoms with E-state index in [1.165, 1.54) is 0 Å². The highest BCUT2D eigenvalue weighted by Gasteiger charge is 2.36. The normalized spacial score (nSPS) is 23.4. The fourth-order valence-corrected chi connectivity index (χ4v) is 2.66. The SMILES string of the molecule is CC(C)(C)C1CCC(=O)C(OC(=O)c2ccccc2)C1. The van der Waals surface area contributed by atoms with Gasteiger partial charge in [-0.1, -0.05) is 39.0 Å². The third kappa shape index (κ3) is 3.47. The molecule has 20 heavy (non-hydrogen) atoms. The largest absolute Gasteiger partial charge is 0.451 e. The van der Waals surface area contributed by atoms with Crippen LogP contribution in [-0.2, 0) is 9.53 Å². The van der Waals surface area contributed by atoms with Crippen LogP contribution in [0.15, 0.2) is 30.3 Å². The molecule has 0 bridgehead atoms. The Bertz CT molecular complexity index is 485. The molecule has 1 aliphatic rings. The van der Waals surface area contributed by atoms with Gasteiger partial charge >= 0.3 is 5.97 Å². The van der Waals surface area contributed by atoms with Gasteiger partial charge in [-0.25, -0.2) is 4.79 Å². The second kappa shape index (κ2) is 5.78. The first kappa shape index (κ1) is 14.8. The Morgan fingerprint density at radius 2 is 1.85 bits per heavy atom. The molecule has 0 aromatic heterocycles. The van der Waals surface area contributed by atoms with Crippen LogP contribution in [0.1, 0.15) is 50.4 Å². The monoisotopic (exact) mass is 274 g/mol. The number of rotatable bonds is 2. The zero-order valence-electron chi connectivity index (χ0n) is 12.4. The number of ether oxygens (including phenoxy) is 1. The van der Waals surface area contributed by atoms with Crippen molar-refractivity contribution in [3.8, 4) is 0 Å². The molecule has 0 radical (unpaired) electrons. The van der Waals surface area contributed by atoms with E-state index in [0.29, 0.717) is 24.3 Å². The topological polar surface area (TPSA) is 43.4 Å². The summed E-state index contributed by atoms with van der Waals surface area (Å²) in [5.74, 6) is 0.0575. The van der Waals surface area contributed by atoms with Gasteiger partial charge in [0, 0.05) is 6.42 Å². The smallest absolute Gasteiger partial charge is 0.338 e. The molecule has 0 saturated heterocycles. The number of benzene rings is 1. The summed E-state index contributed by atoms with van der Waals surface area (Å²) in [5.41, 5.74) is 0.635. The minimum Gasteiger partial charge on any atom is -0.451 e. The first-order valence-electron chi connectivity index (χ1n) is 7.16. The highest BCUT2D eigenvalue weighted by Crippen LogP contribution is 2.37. The Labute approximate surface area is 120 Å². The van der Waals surface area contributed by atoms with Crippen LogP contribution in [0.3, 0.4) is 0 Å². The van der Waals surface area contributed by atoms with Crippen LogP contribution in [0.4, 0.5) is 0 Å². The molecular formula is C17H22O3. The molecule has 0 N–H and O–H groups in total. The Morgan fingerprint density at radius 1 is 1.20 bits per heavy atom. The van der Waals surface area contributed by atoms with Crippen molar-refractivity contribution in [3.05, 3.63) is 35.9 Å². The Balaban J connectivity index is 2.04. The zero-order valence-corrected chi connectivity index (χ0v) is 12.4. The van der Waals surface area contributed by atoms with Crippen molar-refractivity contribution >= 4 is 11.8 Å². The van der Waals surface area contributed by atoms with Gasteiger partial charge in [0.1, 0.15) is 0 Å². The molecular weight excluding hydrogens is 252 g/mol. The predicted molar refractivity (Wildman–Crippen MR) is 77.4 cm³/mol. The minimum atomic E-state index is -0.583. The lowest BCUT2D eigenvalue weighted by Gasteiger charge is -2.36. The van der Waals surface area contributed by atoms with Crippen molar-refractivity contribution in [2.75, 3.05) is 0 Å². The maximum absolute atomic E-state index is 12.0. The van der Waals surface area contributed by atoms with Crippen LogP contribution >= 0.6 is 0 Å². The standard InChI is InChI=1S/C17H22O3/c1-17(2,3)13-9-10-14(18)15(11-13)20-16(19)12-7-5-4-6-8-12/h4-8,13,15H,9-11H2,1-3H3. The van der Waals surface area contributed by atoms with Crippen molar-refractivity contribution in [3.63, 3.8) is 0 Å². The van der Waals surface area contributed by atoms with Gasteiger partial charge < -0.3 is 4.74 Å². The molecule has 3 nitrogen and oxygen atoms in total. The summed E-state index contributed by atoms with van der Waals surface area (Å²) in [5, 5.41) is 0. The van der Waals surface area contributed by atoms with E-state index < -0.39 is 12.1 Å². The average Bonchev–Trinajstić information content (AvgIpc) is 2.41. The van der Waals surface area contributed by atoms with Gasteiger partial charge in [-0.3, -0.25) is 4.79 Å². The van der Waals surface area contributed by atoms with E-state index in [9.17, 15) is 9.59 Å². The van der Waals surface area contributed by atoms with Crippen LogP contribution in [0.25, 0.3) is 0 Å². The van der Waals surface area contributed by atoms with E-state index in [0.717, 1.165) is 6.42 Å². The van der Waals surface area contributed by atoms with E-state index in [4.69, 9.17) is 4.74 Å². The number of hydrogen-bond donors (Lipinski definition) is 0. The molecule has 1 aliphatic carbocycles. The summed E-state index contributed by atoms with van der Waals surface area (Å²) in [4.78, 5) is 24.0. The van der Waals surface area contributed by atoms with Crippen molar-refractivity contribution in [1.82, 2.24) is 0 Å². The van der Waals surface area contributed by atoms with E-state index in [1.54, 1.807) is 24.3 Å². The fourth-order valence-electron chi connectivity index (χ4n) is 2.66. The average molecular weight is 274 g/mol. The molecule has 0 amide bonds. The van der Waals surface area contributed by atoms with E-state index >= 15 is 0 Å². The summed E-state index contributed by atoms with van der Waals surface area (Å²) in [6, 6.07) is 8.83. The zero-order chi connectivity index (χ0) is 14.8. The van der Waals surface area contributed by atoms with Crippen LogP contribution in [0, 0.1) is 11.3 Å². The Morgan fingerprint density at radius 3 is 2.45 bits per heavy atom. The molecule has 1 aromatic rings. The summed E-state index contributed by atoms with van der Waals surface area (Å²) >= 11 is 0. The predicted octanol–water partition coefficient (Wildman–Crippen LogP) is 3.63. The van der Waals surface area contributed by atoms with E-state index in [2.05, 4.69) is 20.8 Å². The van der Waals surface area contributed by atoms with Gasteiger partial charge in [0.05, 0.1) is 5.56 Å². The van der Waals surface area contributed by atoms with Crippen molar-refractivity contribution in [2.45, 2.75) is 46.1 Å². The quantitative estimate of drug-likeness (QED) is 0.773. The molecule has 108 valence electrons. The molecule has 1 fully saturated rings. The molecule has 3 heteroatoms. The lowest BCUT2D eigenvalue weighted by Crippen LogP contribution is -2.38. The maximum Gasteiger partial charge on any atom is 0.338 e. The second-order valence-corrected chi connectivity index (χ2v) is 6.56. The second-order valence-electron chi connectivity index (χ2n) is 6.56. The van der Waals surface area contributed by atoms with Gasteiger partial charge in [-0.15, -0.1) is 0 Å².